The van der Waals surface area contributed by atoms with Crippen LogP contribution in [0.5, 0.6) is 0 Å². The molecule has 0 aliphatic carbocycles. The number of hydrogen-bond acceptors (Lipinski definition) is 3. The van der Waals surface area contributed by atoms with Crippen LogP contribution in [0, 0.1) is 5.92 Å². The lowest BCUT2D eigenvalue weighted by Crippen LogP contribution is -2.62. The van der Waals surface area contributed by atoms with E-state index in [1.165, 1.54) is 11.9 Å². The van der Waals surface area contributed by atoms with Gasteiger partial charge in [-0.1, -0.05) is 28.7 Å². The van der Waals surface area contributed by atoms with Crippen molar-refractivity contribution in [2.24, 2.45) is 16.6 Å². The summed E-state index contributed by atoms with van der Waals surface area (Å²) in [6, 6.07) is 6.33. The van der Waals surface area contributed by atoms with Gasteiger partial charge < -0.3 is 5.73 Å². The molecule has 3 aliphatic heterocycles. The zero-order valence-electron chi connectivity index (χ0n) is 16.9. The predicted octanol–water partition coefficient (Wildman–Crippen LogP) is 0.710. The van der Waals surface area contributed by atoms with Gasteiger partial charge in [0.25, 0.3) is 5.91 Å². The number of amides is 4. The molecule has 3 aliphatic rings. The molecule has 4 rings (SSSR count). The van der Waals surface area contributed by atoms with Crippen molar-refractivity contribution in [2.75, 3.05) is 27.2 Å². The Balaban J connectivity index is 1.72. The van der Waals surface area contributed by atoms with Crippen LogP contribution >= 0.6 is 11.6 Å². The number of halogens is 1. The van der Waals surface area contributed by atoms with Crippen LogP contribution in [0.3, 0.4) is 0 Å². The molecule has 0 bridgehead atoms. The van der Waals surface area contributed by atoms with Gasteiger partial charge in [-0.15, -0.1) is 0 Å². The first kappa shape index (κ1) is 20.3. The van der Waals surface area contributed by atoms with Crippen LogP contribution in [0.1, 0.15) is 18.4 Å². The lowest BCUT2D eigenvalue weighted by atomic mass is 9.97. The Kier molecular flexibility index (Phi) is 5.23. The van der Waals surface area contributed by atoms with Gasteiger partial charge in [-0.3, -0.25) is 24.0 Å². The van der Waals surface area contributed by atoms with Gasteiger partial charge in [0.1, 0.15) is 0 Å². The van der Waals surface area contributed by atoms with Crippen molar-refractivity contribution in [3.63, 3.8) is 0 Å². The summed E-state index contributed by atoms with van der Waals surface area (Å²) in [7, 11) is 3.11. The number of primary amides is 1. The van der Waals surface area contributed by atoms with Crippen molar-refractivity contribution in [3.05, 3.63) is 34.9 Å². The molecule has 2 fully saturated rings. The maximum Gasteiger partial charge on any atom is 0.392 e. The van der Waals surface area contributed by atoms with E-state index in [1.54, 1.807) is 19.2 Å². The molecule has 0 spiro atoms. The molecule has 2 saturated heterocycles. The Labute approximate surface area is 179 Å². The number of guanidine groups is 1. The van der Waals surface area contributed by atoms with Crippen LogP contribution in [0.15, 0.2) is 29.3 Å². The average molecular weight is 432 g/mol. The first-order chi connectivity index (χ1) is 14.3. The maximum atomic E-state index is 13.0. The van der Waals surface area contributed by atoms with E-state index < -0.39 is 12.1 Å². The highest BCUT2D eigenvalue weighted by Gasteiger charge is 2.55. The predicted molar refractivity (Wildman–Crippen MR) is 111 cm³/mol. The second kappa shape index (κ2) is 7.71. The molecule has 0 aromatic heterocycles. The fourth-order valence-corrected chi connectivity index (χ4v) is 4.28. The van der Waals surface area contributed by atoms with Gasteiger partial charge in [0.2, 0.25) is 17.8 Å². The minimum absolute atomic E-state index is 0.153. The molecule has 30 heavy (non-hydrogen) atoms. The molecular weight excluding hydrogens is 408 g/mol. The van der Waals surface area contributed by atoms with Crippen molar-refractivity contribution < 1.29 is 19.0 Å². The largest absolute Gasteiger partial charge is 0.392 e. The van der Waals surface area contributed by atoms with Gasteiger partial charge in [-0.25, -0.2) is 9.69 Å². The molecule has 1 unspecified atom stereocenters. The Bertz CT molecular complexity index is 963. The van der Waals surface area contributed by atoms with Gasteiger partial charge in [0, 0.05) is 25.0 Å². The normalized spacial score (nSPS) is 24.4. The van der Waals surface area contributed by atoms with Crippen LogP contribution in [0.4, 0.5) is 4.79 Å². The molecular formula is C20H24ClN6O3+. The number of likely N-dealkylation sites (N-methyl/N-ethyl adjacent to an activating group) is 2. The first-order valence-electron chi connectivity index (χ1n) is 9.84. The summed E-state index contributed by atoms with van der Waals surface area (Å²) in [4.78, 5) is 46.2. The molecule has 0 saturated carbocycles. The third-order valence-corrected chi connectivity index (χ3v) is 6.21. The summed E-state index contributed by atoms with van der Waals surface area (Å²) in [6.07, 6.45) is 1.26. The monoisotopic (exact) mass is 431 g/mol. The molecule has 4 amide bonds. The van der Waals surface area contributed by atoms with E-state index in [-0.39, 0.29) is 17.7 Å². The molecule has 10 heteroatoms. The van der Waals surface area contributed by atoms with E-state index in [4.69, 9.17) is 22.3 Å². The van der Waals surface area contributed by atoms with Crippen molar-refractivity contribution in [3.8, 4) is 0 Å². The SMILES string of the molecule is CN1C(=O)C2C(=NC(=[N+]3CCC(C(N)=O)CC3)N2Cc2ccc(Cl)cc2)N(C)C1=O. The second-order valence-electron chi connectivity index (χ2n) is 7.83. The van der Waals surface area contributed by atoms with E-state index >= 15 is 0 Å². The molecule has 0 radical (unpaired) electrons. The quantitative estimate of drug-likeness (QED) is 0.712. The van der Waals surface area contributed by atoms with Gasteiger partial charge >= 0.3 is 12.0 Å². The summed E-state index contributed by atoms with van der Waals surface area (Å²) >= 11 is 6.01. The minimum Gasteiger partial charge on any atom is -0.369 e. The molecule has 9 nitrogen and oxygen atoms in total. The number of fused-ring (bicyclic) bond motifs is 1. The van der Waals surface area contributed by atoms with E-state index in [1.807, 2.05) is 17.0 Å². The molecule has 3 heterocycles. The Morgan fingerprint density at radius 2 is 1.80 bits per heavy atom. The summed E-state index contributed by atoms with van der Waals surface area (Å²) in [5.74, 6) is 0.305. The minimum atomic E-state index is -0.683. The van der Waals surface area contributed by atoms with Crippen molar-refractivity contribution in [1.82, 2.24) is 14.7 Å². The fourth-order valence-electron chi connectivity index (χ4n) is 4.15. The highest BCUT2D eigenvalue weighted by Crippen LogP contribution is 2.26. The van der Waals surface area contributed by atoms with E-state index in [0.717, 1.165) is 10.5 Å². The summed E-state index contributed by atoms with van der Waals surface area (Å²) < 4.78 is 2.06. The standard InChI is InChI=1S/C20H23ClN6O3/c1-24-17-15(18(29)25(2)20(24)30)27(11-12-3-5-14(21)6-4-12)19(23-17)26-9-7-13(8-10-26)16(22)28/h3-6,13,15H,7-11H2,1-2H3,(H-,22,28)/p+1. The molecule has 1 aromatic carbocycles. The lowest BCUT2D eigenvalue weighted by Gasteiger charge is -2.33. The van der Waals surface area contributed by atoms with Crippen LogP contribution in [0.25, 0.3) is 0 Å². The number of amidine groups is 1. The number of piperidine rings is 1. The van der Waals surface area contributed by atoms with Crippen LogP contribution < -0.4 is 5.73 Å². The van der Waals surface area contributed by atoms with Crippen LogP contribution in [-0.4, -0.2) is 82.1 Å². The smallest absolute Gasteiger partial charge is 0.369 e. The van der Waals surface area contributed by atoms with Gasteiger partial charge in [-0.2, -0.15) is 0 Å². The molecule has 1 aromatic rings. The summed E-state index contributed by atoms with van der Waals surface area (Å²) in [6.45, 7) is 1.64. The average Bonchev–Trinajstić information content (AvgIpc) is 3.11. The van der Waals surface area contributed by atoms with Crippen molar-refractivity contribution in [2.45, 2.75) is 25.4 Å². The van der Waals surface area contributed by atoms with Crippen molar-refractivity contribution >= 4 is 41.2 Å². The number of urea groups is 1. The number of benzene rings is 1. The summed E-state index contributed by atoms with van der Waals surface area (Å²) in [5.41, 5.74) is 6.43. The van der Waals surface area contributed by atoms with Gasteiger partial charge in [0.15, 0.2) is 0 Å². The molecule has 1 atom stereocenters. The van der Waals surface area contributed by atoms with E-state index in [0.29, 0.717) is 49.3 Å². The number of aliphatic imine (C=N–C) groups is 1. The number of hydrogen-bond donors (Lipinski definition) is 1. The van der Waals surface area contributed by atoms with E-state index in [9.17, 15) is 14.4 Å². The highest BCUT2D eigenvalue weighted by molar-refractivity contribution is 6.30. The van der Waals surface area contributed by atoms with Crippen LogP contribution in [-0.2, 0) is 16.1 Å². The number of nitrogens with two attached hydrogens (primary N) is 1. The van der Waals surface area contributed by atoms with E-state index in [2.05, 4.69) is 4.58 Å². The fraction of sp³-hybridized carbons (Fsp3) is 0.450. The van der Waals surface area contributed by atoms with Gasteiger partial charge in [-0.05, 0) is 30.5 Å². The summed E-state index contributed by atoms with van der Waals surface area (Å²) in [5, 5.41) is 0.633. The molecule has 158 valence electrons. The van der Waals surface area contributed by atoms with Crippen LogP contribution in [0.2, 0.25) is 5.02 Å². The topological polar surface area (TPSA) is 102 Å². The Morgan fingerprint density at radius 3 is 2.40 bits per heavy atom. The number of rotatable bonds is 3. The third-order valence-electron chi connectivity index (χ3n) is 5.96. The second-order valence-corrected chi connectivity index (χ2v) is 8.27. The molecule has 2 N–H and O–H groups in total. The maximum absolute atomic E-state index is 13.0. The first-order valence-corrected chi connectivity index (χ1v) is 10.2. The lowest BCUT2D eigenvalue weighted by molar-refractivity contribution is -0.545. The van der Waals surface area contributed by atoms with Gasteiger partial charge in [0.05, 0.1) is 19.6 Å². The number of carbonyl (C=O) groups excluding carboxylic acids is 3. The highest BCUT2D eigenvalue weighted by atomic mass is 35.5. The number of imide groups is 1. The Hall–Kier alpha value is -2.94. The van der Waals surface area contributed by atoms with Crippen molar-refractivity contribution in [1.29, 1.82) is 0 Å². The number of carbonyl (C=O) groups is 3. The Morgan fingerprint density at radius 1 is 1.17 bits per heavy atom. The zero-order chi connectivity index (χ0) is 21.6. The zero-order valence-corrected chi connectivity index (χ0v) is 17.7. The number of nitrogens with zero attached hydrogens (tertiary/aromatic N) is 5. The third kappa shape index (κ3) is 3.43.